The molecular formula is C15H26N2O. The maximum absolute atomic E-state index is 5.65. The van der Waals surface area contributed by atoms with Gasteiger partial charge in [0, 0.05) is 24.2 Å². The molecule has 1 aliphatic heterocycles. The second-order valence-electron chi connectivity index (χ2n) is 6.60. The van der Waals surface area contributed by atoms with Crippen molar-refractivity contribution >= 4 is 0 Å². The Morgan fingerprint density at radius 2 is 2.22 bits per heavy atom. The number of nitrogens with zero attached hydrogens (tertiary/aromatic N) is 1. The highest BCUT2D eigenvalue weighted by molar-refractivity contribution is 5.17. The van der Waals surface area contributed by atoms with Crippen LogP contribution in [0, 0.1) is 5.92 Å². The largest absolute Gasteiger partial charge is 0.468 e. The lowest BCUT2D eigenvalue weighted by atomic mass is 10.1. The van der Waals surface area contributed by atoms with Gasteiger partial charge in [-0.05, 0) is 45.7 Å². The van der Waals surface area contributed by atoms with E-state index in [1.807, 2.05) is 6.26 Å². The second kappa shape index (κ2) is 5.45. The van der Waals surface area contributed by atoms with Crippen LogP contribution in [0.25, 0.3) is 0 Å². The van der Waals surface area contributed by atoms with Crippen molar-refractivity contribution in [2.24, 2.45) is 5.92 Å². The fourth-order valence-electron chi connectivity index (χ4n) is 2.40. The van der Waals surface area contributed by atoms with Crippen molar-refractivity contribution in [2.45, 2.75) is 52.7 Å². The van der Waals surface area contributed by atoms with Crippen LogP contribution in [-0.4, -0.2) is 23.5 Å². The summed E-state index contributed by atoms with van der Waals surface area (Å²) >= 11 is 0. The molecule has 1 aliphatic rings. The number of rotatable bonds is 4. The van der Waals surface area contributed by atoms with Gasteiger partial charge in [-0.1, -0.05) is 6.92 Å². The first-order valence-electron chi connectivity index (χ1n) is 6.97. The van der Waals surface area contributed by atoms with E-state index in [9.17, 15) is 0 Å². The average molecular weight is 250 g/mol. The van der Waals surface area contributed by atoms with Crippen LogP contribution < -0.4 is 5.32 Å². The quantitative estimate of drug-likeness (QED) is 0.890. The van der Waals surface area contributed by atoms with E-state index in [1.165, 1.54) is 25.1 Å². The molecule has 18 heavy (non-hydrogen) atoms. The van der Waals surface area contributed by atoms with Crippen molar-refractivity contribution < 1.29 is 4.42 Å². The molecule has 1 aromatic heterocycles. The molecule has 1 unspecified atom stereocenters. The molecule has 1 saturated heterocycles. The molecule has 1 aromatic rings. The third kappa shape index (κ3) is 3.85. The van der Waals surface area contributed by atoms with Gasteiger partial charge in [0.2, 0.25) is 0 Å². The molecule has 0 aliphatic carbocycles. The summed E-state index contributed by atoms with van der Waals surface area (Å²) in [5.41, 5.74) is 1.45. The molecule has 1 atom stereocenters. The van der Waals surface area contributed by atoms with Crippen molar-refractivity contribution in [1.82, 2.24) is 10.2 Å². The maximum Gasteiger partial charge on any atom is 0.122 e. The molecule has 1 fully saturated rings. The lowest BCUT2D eigenvalue weighted by Crippen LogP contribution is -2.35. The zero-order valence-corrected chi connectivity index (χ0v) is 12.1. The van der Waals surface area contributed by atoms with Gasteiger partial charge in [-0.25, -0.2) is 0 Å². The van der Waals surface area contributed by atoms with Crippen LogP contribution in [0.15, 0.2) is 16.7 Å². The molecule has 0 saturated carbocycles. The minimum atomic E-state index is 0.150. The van der Waals surface area contributed by atoms with Crippen LogP contribution in [0.4, 0.5) is 0 Å². The van der Waals surface area contributed by atoms with Crippen molar-refractivity contribution in [3.05, 3.63) is 23.7 Å². The van der Waals surface area contributed by atoms with Gasteiger partial charge in [-0.2, -0.15) is 0 Å². The molecule has 0 radical (unpaired) electrons. The Morgan fingerprint density at radius 3 is 2.83 bits per heavy atom. The number of likely N-dealkylation sites (tertiary alicyclic amines) is 1. The summed E-state index contributed by atoms with van der Waals surface area (Å²) in [4.78, 5) is 2.49. The Balaban J connectivity index is 1.91. The molecule has 3 nitrogen and oxygen atoms in total. The summed E-state index contributed by atoms with van der Waals surface area (Å²) in [6.45, 7) is 13.1. The predicted molar refractivity (Wildman–Crippen MR) is 74.4 cm³/mol. The van der Waals surface area contributed by atoms with E-state index < -0.39 is 0 Å². The minimum absolute atomic E-state index is 0.150. The molecule has 0 amide bonds. The molecule has 0 bridgehead atoms. The number of hydrogen-bond donors (Lipinski definition) is 1. The Hall–Kier alpha value is -0.800. The fourth-order valence-corrected chi connectivity index (χ4v) is 2.40. The van der Waals surface area contributed by atoms with Gasteiger partial charge >= 0.3 is 0 Å². The Bertz CT molecular complexity index is 378. The summed E-state index contributed by atoms with van der Waals surface area (Å²) in [7, 11) is 0. The van der Waals surface area contributed by atoms with E-state index in [0.29, 0.717) is 0 Å². The first kappa shape index (κ1) is 13.6. The number of hydrogen-bond acceptors (Lipinski definition) is 3. The van der Waals surface area contributed by atoms with E-state index in [1.54, 1.807) is 0 Å². The Kier molecular flexibility index (Phi) is 4.13. The van der Waals surface area contributed by atoms with Crippen molar-refractivity contribution in [2.75, 3.05) is 13.1 Å². The highest BCUT2D eigenvalue weighted by Crippen LogP contribution is 2.20. The van der Waals surface area contributed by atoms with Crippen LogP contribution in [0.3, 0.4) is 0 Å². The van der Waals surface area contributed by atoms with Gasteiger partial charge in [0.25, 0.3) is 0 Å². The lowest BCUT2D eigenvalue weighted by molar-refractivity contribution is 0.286. The zero-order chi connectivity index (χ0) is 13.2. The molecule has 0 aromatic carbocycles. The summed E-state index contributed by atoms with van der Waals surface area (Å²) in [6.07, 6.45) is 3.13. The normalized spacial score (nSPS) is 21.7. The monoisotopic (exact) mass is 250 g/mol. The van der Waals surface area contributed by atoms with Crippen molar-refractivity contribution in [3.8, 4) is 0 Å². The Labute approximate surface area is 111 Å². The highest BCUT2D eigenvalue weighted by Gasteiger charge is 2.21. The summed E-state index contributed by atoms with van der Waals surface area (Å²) in [6, 6.07) is 2.09. The minimum Gasteiger partial charge on any atom is -0.468 e. The predicted octanol–water partition coefficient (Wildman–Crippen LogP) is 3.01. The first-order chi connectivity index (χ1) is 8.44. The van der Waals surface area contributed by atoms with Gasteiger partial charge in [-0.15, -0.1) is 0 Å². The third-order valence-electron chi connectivity index (χ3n) is 3.52. The molecule has 0 spiro atoms. The molecule has 1 N–H and O–H groups in total. The zero-order valence-electron chi connectivity index (χ0n) is 12.1. The van der Waals surface area contributed by atoms with E-state index >= 15 is 0 Å². The first-order valence-corrected chi connectivity index (χ1v) is 6.97. The topological polar surface area (TPSA) is 28.4 Å². The van der Waals surface area contributed by atoms with Gasteiger partial charge in [0.1, 0.15) is 5.76 Å². The molecular weight excluding hydrogens is 224 g/mol. The smallest absolute Gasteiger partial charge is 0.122 e. The van der Waals surface area contributed by atoms with Gasteiger partial charge < -0.3 is 9.73 Å². The second-order valence-corrected chi connectivity index (χ2v) is 6.60. The molecule has 102 valence electrons. The highest BCUT2D eigenvalue weighted by atomic mass is 16.3. The lowest BCUT2D eigenvalue weighted by Gasteiger charge is -2.21. The van der Waals surface area contributed by atoms with Gasteiger partial charge in [0.15, 0.2) is 0 Å². The van der Waals surface area contributed by atoms with Crippen LogP contribution in [0.2, 0.25) is 0 Å². The third-order valence-corrected chi connectivity index (χ3v) is 3.52. The molecule has 3 heteroatoms. The van der Waals surface area contributed by atoms with Crippen molar-refractivity contribution in [3.63, 3.8) is 0 Å². The van der Waals surface area contributed by atoms with E-state index in [2.05, 4.69) is 44.0 Å². The number of furan rings is 1. The van der Waals surface area contributed by atoms with Crippen LogP contribution in [-0.2, 0) is 13.1 Å². The number of nitrogens with one attached hydrogen (secondary N) is 1. The van der Waals surface area contributed by atoms with Crippen LogP contribution >= 0.6 is 0 Å². The van der Waals surface area contributed by atoms with Gasteiger partial charge in [0.05, 0.1) is 12.8 Å². The van der Waals surface area contributed by atoms with Gasteiger partial charge in [-0.3, -0.25) is 4.90 Å². The average Bonchev–Trinajstić information content (AvgIpc) is 2.85. The Morgan fingerprint density at radius 1 is 1.44 bits per heavy atom. The SMILES string of the molecule is CC1CCN(Cc2occc2CNC(C)(C)C)C1. The summed E-state index contributed by atoms with van der Waals surface area (Å²) in [5, 5.41) is 3.52. The van der Waals surface area contributed by atoms with E-state index in [-0.39, 0.29) is 5.54 Å². The standard InChI is InChI=1S/C15H26N2O/c1-12-5-7-17(10-12)11-14-13(6-8-18-14)9-16-15(2,3)4/h6,8,12,16H,5,7,9-11H2,1-4H3. The summed E-state index contributed by atoms with van der Waals surface area (Å²) < 4.78 is 5.65. The summed E-state index contributed by atoms with van der Waals surface area (Å²) in [5.74, 6) is 1.96. The molecule has 2 rings (SSSR count). The van der Waals surface area contributed by atoms with Crippen LogP contribution in [0.5, 0.6) is 0 Å². The van der Waals surface area contributed by atoms with Crippen LogP contribution in [0.1, 0.15) is 45.4 Å². The van der Waals surface area contributed by atoms with Crippen molar-refractivity contribution in [1.29, 1.82) is 0 Å². The van der Waals surface area contributed by atoms with E-state index in [0.717, 1.165) is 24.8 Å². The maximum atomic E-state index is 5.65. The van der Waals surface area contributed by atoms with E-state index in [4.69, 9.17) is 4.42 Å². The fraction of sp³-hybridized carbons (Fsp3) is 0.733. The molecule has 2 heterocycles.